The van der Waals surface area contributed by atoms with Crippen molar-refractivity contribution in [2.45, 2.75) is 4.90 Å². The van der Waals surface area contributed by atoms with E-state index < -0.39 is 0 Å². The summed E-state index contributed by atoms with van der Waals surface area (Å²) in [5, 5.41) is 0. The molecule has 0 spiro atoms. The fourth-order valence-electron chi connectivity index (χ4n) is 1.59. The number of anilines is 1. The molecule has 0 radical (unpaired) electrons. The summed E-state index contributed by atoms with van der Waals surface area (Å²) < 4.78 is 13.4. The SMILES string of the molecule is CN(C(=O)CSc1ccccc1F)c1ccccc1. The minimum absolute atomic E-state index is 0.0561. The number of hydrogen-bond acceptors (Lipinski definition) is 2. The van der Waals surface area contributed by atoms with E-state index in [1.165, 1.54) is 17.8 Å². The monoisotopic (exact) mass is 275 g/mol. The third-order valence-corrected chi connectivity index (χ3v) is 3.74. The summed E-state index contributed by atoms with van der Waals surface area (Å²) in [6.07, 6.45) is 0. The molecule has 98 valence electrons. The predicted molar refractivity (Wildman–Crippen MR) is 77.0 cm³/mol. The van der Waals surface area contributed by atoms with Crippen molar-refractivity contribution in [3.8, 4) is 0 Å². The summed E-state index contributed by atoms with van der Waals surface area (Å²) in [6, 6.07) is 15.9. The van der Waals surface area contributed by atoms with E-state index >= 15 is 0 Å². The van der Waals surface area contributed by atoms with Crippen LogP contribution in [0.2, 0.25) is 0 Å². The molecule has 1 amide bonds. The number of carbonyl (C=O) groups is 1. The molecule has 19 heavy (non-hydrogen) atoms. The number of para-hydroxylation sites is 1. The van der Waals surface area contributed by atoms with Crippen molar-refractivity contribution in [3.05, 3.63) is 60.4 Å². The second-order valence-electron chi connectivity index (χ2n) is 4.01. The van der Waals surface area contributed by atoms with Gasteiger partial charge in [0.25, 0.3) is 0 Å². The molecule has 0 aliphatic rings. The summed E-state index contributed by atoms with van der Waals surface area (Å²) in [6.45, 7) is 0. The molecule has 0 heterocycles. The molecule has 2 aromatic rings. The first-order valence-corrected chi connectivity index (χ1v) is 6.86. The van der Waals surface area contributed by atoms with Crippen LogP contribution in [-0.2, 0) is 4.79 Å². The van der Waals surface area contributed by atoms with Gasteiger partial charge in [0, 0.05) is 17.6 Å². The highest BCUT2D eigenvalue weighted by Crippen LogP contribution is 2.22. The molecule has 2 aromatic carbocycles. The molecule has 4 heteroatoms. The molecular weight excluding hydrogens is 261 g/mol. The third kappa shape index (κ3) is 3.58. The van der Waals surface area contributed by atoms with Crippen LogP contribution in [0.15, 0.2) is 59.5 Å². The van der Waals surface area contributed by atoms with E-state index in [1.807, 2.05) is 30.3 Å². The van der Waals surface area contributed by atoms with Gasteiger partial charge in [-0.3, -0.25) is 4.79 Å². The van der Waals surface area contributed by atoms with Gasteiger partial charge in [-0.1, -0.05) is 30.3 Å². The molecule has 2 nitrogen and oxygen atoms in total. The van der Waals surface area contributed by atoms with Gasteiger partial charge in [0.2, 0.25) is 5.91 Å². The van der Waals surface area contributed by atoms with Crippen LogP contribution in [-0.4, -0.2) is 18.7 Å². The van der Waals surface area contributed by atoms with Crippen molar-refractivity contribution in [1.82, 2.24) is 0 Å². The van der Waals surface area contributed by atoms with Gasteiger partial charge < -0.3 is 4.90 Å². The Balaban J connectivity index is 1.97. The van der Waals surface area contributed by atoms with E-state index in [2.05, 4.69) is 0 Å². The highest BCUT2D eigenvalue weighted by Gasteiger charge is 2.12. The molecule has 0 aliphatic heterocycles. The van der Waals surface area contributed by atoms with E-state index in [0.29, 0.717) is 4.90 Å². The lowest BCUT2D eigenvalue weighted by Crippen LogP contribution is -2.27. The topological polar surface area (TPSA) is 20.3 Å². The van der Waals surface area contributed by atoms with Gasteiger partial charge >= 0.3 is 0 Å². The number of nitrogens with zero attached hydrogens (tertiary/aromatic N) is 1. The van der Waals surface area contributed by atoms with Gasteiger partial charge in [0.05, 0.1) is 5.75 Å². The smallest absolute Gasteiger partial charge is 0.237 e. The standard InChI is InChI=1S/C15H14FNOS/c1-17(12-7-3-2-4-8-12)15(18)11-19-14-10-6-5-9-13(14)16/h2-10H,11H2,1H3. The number of benzene rings is 2. The van der Waals surface area contributed by atoms with Crippen molar-refractivity contribution < 1.29 is 9.18 Å². The number of hydrogen-bond donors (Lipinski definition) is 0. The Morgan fingerprint density at radius 2 is 1.74 bits per heavy atom. The summed E-state index contributed by atoms with van der Waals surface area (Å²) in [5.41, 5.74) is 0.835. The van der Waals surface area contributed by atoms with E-state index in [0.717, 1.165) is 5.69 Å². The highest BCUT2D eigenvalue weighted by atomic mass is 32.2. The fraction of sp³-hybridized carbons (Fsp3) is 0.133. The van der Waals surface area contributed by atoms with Crippen LogP contribution in [0.5, 0.6) is 0 Å². The first-order chi connectivity index (χ1) is 9.18. The molecule has 0 saturated carbocycles. The van der Waals surface area contributed by atoms with Gasteiger partial charge in [-0.05, 0) is 24.3 Å². The zero-order chi connectivity index (χ0) is 13.7. The largest absolute Gasteiger partial charge is 0.315 e. The Bertz CT molecular complexity index is 559. The molecule has 0 atom stereocenters. The molecule has 0 fully saturated rings. The Morgan fingerprint density at radius 1 is 1.11 bits per heavy atom. The van der Waals surface area contributed by atoms with Crippen molar-refractivity contribution in [1.29, 1.82) is 0 Å². The molecular formula is C15H14FNOS. The number of thioether (sulfide) groups is 1. The van der Waals surface area contributed by atoms with Crippen LogP contribution in [0, 0.1) is 5.82 Å². The molecule has 2 rings (SSSR count). The maximum Gasteiger partial charge on any atom is 0.237 e. The maximum absolute atomic E-state index is 13.4. The van der Waals surface area contributed by atoms with Crippen molar-refractivity contribution in [3.63, 3.8) is 0 Å². The molecule has 0 N–H and O–H groups in total. The van der Waals surface area contributed by atoms with E-state index in [-0.39, 0.29) is 17.5 Å². The molecule has 0 bridgehead atoms. The maximum atomic E-state index is 13.4. The second kappa shape index (κ2) is 6.38. The number of amides is 1. The molecule has 0 aliphatic carbocycles. The van der Waals surface area contributed by atoms with Crippen LogP contribution < -0.4 is 4.90 Å². The van der Waals surface area contributed by atoms with Crippen LogP contribution in [0.25, 0.3) is 0 Å². The Morgan fingerprint density at radius 3 is 2.42 bits per heavy atom. The van der Waals surface area contributed by atoms with Crippen molar-refractivity contribution in [2.75, 3.05) is 17.7 Å². The fourth-order valence-corrected chi connectivity index (χ4v) is 2.45. The summed E-state index contributed by atoms with van der Waals surface area (Å²) in [5.74, 6) is -0.131. The van der Waals surface area contributed by atoms with E-state index in [4.69, 9.17) is 0 Å². The normalized spacial score (nSPS) is 10.2. The molecule has 0 unspecified atom stereocenters. The van der Waals surface area contributed by atoms with Crippen molar-refractivity contribution >= 4 is 23.4 Å². The van der Waals surface area contributed by atoms with Gasteiger partial charge in [0.1, 0.15) is 5.82 Å². The van der Waals surface area contributed by atoms with Gasteiger partial charge in [0.15, 0.2) is 0 Å². The lowest BCUT2D eigenvalue weighted by molar-refractivity contribution is -0.115. The first kappa shape index (κ1) is 13.6. The number of rotatable bonds is 4. The predicted octanol–water partition coefficient (Wildman–Crippen LogP) is 3.58. The minimum Gasteiger partial charge on any atom is -0.315 e. The van der Waals surface area contributed by atoms with Crippen molar-refractivity contribution in [2.24, 2.45) is 0 Å². The van der Waals surface area contributed by atoms with E-state index in [9.17, 15) is 9.18 Å². The number of carbonyl (C=O) groups excluding carboxylic acids is 1. The molecule has 0 aromatic heterocycles. The first-order valence-electron chi connectivity index (χ1n) is 5.87. The third-order valence-electron chi connectivity index (χ3n) is 2.71. The minimum atomic E-state index is -0.289. The van der Waals surface area contributed by atoms with Crippen LogP contribution in [0.4, 0.5) is 10.1 Å². The average molecular weight is 275 g/mol. The summed E-state index contributed by atoms with van der Waals surface area (Å²) in [4.78, 5) is 14.1. The van der Waals surface area contributed by atoms with Crippen LogP contribution in [0.1, 0.15) is 0 Å². The molecule has 0 saturated heterocycles. The van der Waals surface area contributed by atoms with Crippen LogP contribution >= 0.6 is 11.8 Å². The Hall–Kier alpha value is -1.81. The average Bonchev–Trinajstić information content (AvgIpc) is 2.46. The van der Waals surface area contributed by atoms with E-state index in [1.54, 1.807) is 30.1 Å². The van der Waals surface area contributed by atoms with Gasteiger partial charge in [-0.2, -0.15) is 0 Å². The zero-order valence-corrected chi connectivity index (χ0v) is 11.4. The Labute approximate surface area is 116 Å². The van der Waals surface area contributed by atoms with Gasteiger partial charge in [-0.15, -0.1) is 11.8 Å². The second-order valence-corrected chi connectivity index (χ2v) is 5.02. The number of halogens is 1. The van der Waals surface area contributed by atoms with Crippen LogP contribution in [0.3, 0.4) is 0 Å². The Kier molecular flexibility index (Phi) is 4.58. The summed E-state index contributed by atoms with van der Waals surface area (Å²) in [7, 11) is 1.72. The lowest BCUT2D eigenvalue weighted by Gasteiger charge is -2.16. The quantitative estimate of drug-likeness (QED) is 0.795. The summed E-state index contributed by atoms with van der Waals surface area (Å²) >= 11 is 1.21. The zero-order valence-electron chi connectivity index (χ0n) is 10.5. The van der Waals surface area contributed by atoms with Gasteiger partial charge in [-0.25, -0.2) is 4.39 Å². The lowest BCUT2D eigenvalue weighted by atomic mass is 10.3. The highest BCUT2D eigenvalue weighted by molar-refractivity contribution is 8.00.